The van der Waals surface area contributed by atoms with Crippen LogP contribution in [0.2, 0.25) is 0 Å². The molecule has 0 aliphatic heterocycles. The Morgan fingerprint density at radius 1 is 1.15 bits per heavy atom. The number of pyridine rings is 1. The molecule has 0 bridgehead atoms. The van der Waals surface area contributed by atoms with Gasteiger partial charge in [-0.1, -0.05) is 30.5 Å². The molecule has 2 N–H and O–H groups in total. The monoisotopic (exact) mass is 272 g/mol. The Bertz CT molecular complexity index is 581. The summed E-state index contributed by atoms with van der Waals surface area (Å²) in [5, 5.41) is 4.06. The van der Waals surface area contributed by atoms with E-state index in [2.05, 4.69) is 15.1 Å². The molecule has 1 aliphatic rings. The highest BCUT2D eigenvalue weighted by Crippen LogP contribution is 2.30. The Labute approximate surface area is 118 Å². The first-order valence-corrected chi connectivity index (χ1v) is 7.27. The van der Waals surface area contributed by atoms with E-state index < -0.39 is 0 Å². The van der Waals surface area contributed by atoms with E-state index in [1.165, 1.54) is 19.3 Å². The lowest BCUT2D eigenvalue weighted by atomic mass is 9.95. The fourth-order valence-corrected chi connectivity index (χ4v) is 2.80. The predicted octanol–water partition coefficient (Wildman–Crippen LogP) is 2.82. The van der Waals surface area contributed by atoms with Crippen molar-refractivity contribution >= 4 is 0 Å². The van der Waals surface area contributed by atoms with Crippen molar-refractivity contribution in [3.8, 4) is 11.5 Å². The summed E-state index contributed by atoms with van der Waals surface area (Å²) < 4.78 is 5.44. The van der Waals surface area contributed by atoms with Crippen LogP contribution in [0.5, 0.6) is 0 Å². The molecule has 106 valence electrons. The van der Waals surface area contributed by atoms with Crippen molar-refractivity contribution in [2.75, 3.05) is 0 Å². The van der Waals surface area contributed by atoms with Gasteiger partial charge in [0.25, 0.3) is 0 Å². The fraction of sp³-hybridized carbons (Fsp3) is 0.533. The average molecular weight is 272 g/mol. The second-order valence-electron chi connectivity index (χ2n) is 5.53. The Morgan fingerprint density at radius 2 is 2.00 bits per heavy atom. The largest absolute Gasteiger partial charge is 0.339 e. The van der Waals surface area contributed by atoms with E-state index in [0.717, 1.165) is 24.2 Å². The molecule has 0 amide bonds. The lowest BCUT2D eigenvalue weighted by Crippen LogP contribution is -2.27. The number of aryl methyl sites for hydroxylation is 1. The van der Waals surface area contributed by atoms with Crippen LogP contribution in [0.25, 0.3) is 11.5 Å². The molecule has 1 saturated carbocycles. The third-order valence-electron chi connectivity index (χ3n) is 3.95. The molecule has 0 aromatic carbocycles. The van der Waals surface area contributed by atoms with Gasteiger partial charge in [-0.3, -0.25) is 0 Å². The molecule has 5 nitrogen and oxygen atoms in total. The highest BCUT2D eigenvalue weighted by molar-refractivity contribution is 5.48. The quantitative estimate of drug-likeness (QED) is 0.850. The summed E-state index contributed by atoms with van der Waals surface area (Å²) in [5.74, 6) is 1.40. The predicted molar refractivity (Wildman–Crippen MR) is 76.1 cm³/mol. The molecule has 0 saturated heterocycles. The molecule has 20 heavy (non-hydrogen) atoms. The minimum Gasteiger partial charge on any atom is -0.339 e. The Hall–Kier alpha value is -1.75. The van der Waals surface area contributed by atoms with Gasteiger partial charge in [0.15, 0.2) is 0 Å². The zero-order valence-electron chi connectivity index (χ0n) is 11.7. The van der Waals surface area contributed by atoms with Crippen LogP contribution < -0.4 is 5.73 Å². The van der Waals surface area contributed by atoms with Gasteiger partial charge in [0.05, 0.1) is 5.92 Å². The number of nitrogens with zero attached hydrogens (tertiary/aromatic N) is 3. The molecule has 2 aromatic heterocycles. The lowest BCUT2D eigenvalue weighted by Gasteiger charge is -2.16. The van der Waals surface area contributed by atoms with E-state index in [1.54, 1.807) is 0 Å². The van der Waals surface area contributed by atoms with Crippen LogP contribution in [0, 0.1) is 6.92 Å². The lowest BCUT2D eigenvalue weighted by molar-refractivity contribution is 0.326. The molecule has 0 radical (unpaired) electrons. The van der Waals surface area contributed by atoms with Crippen LogP contribution >= 0.6 is 0 Å². The molecule has 5 heteroatoms. The normalized spacial score (nSPS) is 23.5. The second kappa shape index (κ2) is 5.71. The second-order valence-corrected chi connectivity index (χ2v) is 5.53. The van der Waals surface area contributed by atoms with Gasteiger partial charge in [-0.2, -0.15) is 4.98 Å². The Kier molecular flexibility index (Phi) is 3.78. The molecule has 3 rings (SSSR count). The van der Waals surface area contributed by atoms with E-state index in [0.29, 0.717) is 11.7 Å². The van der Waals surface area contributed by atoms with Gasteiger partial charge < -0.3 is 10.3 Å². The van der Waals surface area contributed by atoms with E-state index >= 15 is 0 Å². The molecule has 2 aromatic rings. The summed E-state index contributed by atoms with van der Waals surface area (Å²) in [4.78, 5) is 8.94. The first-order chi connectivity index (χ1) is 9.74. The van der Waals surface area contributed by atoms with E-state index in [1.807, 2.05) is 25.1 Å². The molecule has 2 unspecified atom stereocenters. The van der Waals surface area contributed by atoms with Crippen molar-refractivity contribution in [1.29, 1.82) is 0 Å². The Morgan fingerprint density at radius 3 is 2.85 bits per heavy atom. The van der Waals surface area contributed by atoms with Crippen LogP contribution in [-0.2, 0) is 0 Å². The number of nitrogens with two attached hydrogens (primary N) is 1. The topological polar surface area (TPSA) is 77.8 Å². The third kappa shape index (κ3) is 2.72. The van der Waals surface area contributed by atoms with Crippen LogP contribution in [0.3, 0.4) is 0 Å². The zero-order valence-corrected chi connectivity index (χ0v) is 11.7. The van der Waals surface area contributed by atoms with Gasteiger partial charge in [-0.05, 0) is 31.9 Å². The third-order valence-corrected chi connectivity index (χ3v) is 3.95. The zero-order chi connectivity index (χ0) is 13.9. The van der Waals surface area contributed by atoms with Gasteiger partial charge in [0, 0.05) is 11.7 Å². The van der Waals surface area contributed by atoms with Crippen molar-refractivity contribution in [3.05, 3.63) is 29.8 Å². The molecular weight excluding hydrogens is 252 g/mol. The van der Waals surface area contributed by atoms with Gasteiger partial charge in [0.2, 0.25) is 11.7 Å². The minimum absolute atomic E-state index is 0.122. The molecule has 1 aliphatic carbocycles. The average Bonchev–Trinajstić information content (AvgIpc) is 2.82. The smallest absolute Gasteiger partial charge is 0.231 e. The molecule has 0 spiro atoms. The van der Waals surface area contributed by atoms with Gasteiger partial charge >= 0.3 is 0 Å². The first-order valence-electron chi connectivity index (χ1n) is 7.27. The first kappa shape index (κ1) is 13.2. The molecule has 1 fully saturated rings. The maximum absolute atomic E-state index is 6.24. The van der Waals surface area contributed by atoms with Crippen molar-refractivity contribution < 1.29 is 4.52 Å². The summed E-state index contributed by atoms with van der Waals surface area (Å²) in [7, 11) is 0. The molecular formula is C15H20N4O. The Balaban J connectivity index is 1.86. The maximum atomic E-state index is 6.24. The van der Waals surface area contributed by atoms with Crippen molar-refractivity contribution in [1.82, 2.24) is 15.1 Å². The van der Waals surface area contributed by atoms with Crippen molar-refractivity contribution in [2.24, 2.45) is 5.73 Å². The number of aromatic nitrogens is 3. The van der Waals surface area contributed by atoms with Crippen molar-refractivity contribution in [2.45, 2.75) is 51.0 Å². The summed E-state index contributed by atoms with van der Waals surface area (Å²) in [5.41, 5.74) is 7.94. The molecule has 2 atom stereocenters. The van der Waals surface area contributed by atoms with Crippen molar-refractivity contribution in [3.63, 3.8) is 0 Å². The highest BCUT2D eigenvalue weighted by Gasteiger charge is 2.27. The van der Waals surface area contributed by atoms with Crippen LogP contribution in [-0.4, -0.2) is 21.2 Å². The van der Waals surface area contributed by atoms with E-state index in [-0.39, 0.29) is 12.0 Å². The standard InChI is InChI=1S/C15H20N4O/c1-10-6-5-9-13(17-10)14-18-15(20-19-14)11-7-3-2-4-8-12(11)16/h5-6,9,11-12H,2-4,7-8,16H2,1H3. The van der Waals surface area contributed by atoms with Crippen LogP contribution in [0.1, 0.15) is 49.6 Å². The highest BCUT2D eigenvalue weighted by atomic mass is 16.5. The van der Waals surface area contributed by atoms with E-state index in [4.69, 9.17) is 10.3 Å². The SMILES string of the molecule is Cc1cccc(-c2noc(C3CCCCCC3N)n2)n1. The van der Waals surface area contributed by atoms with E-state index in [9.17, 15) is 0 Å². The van der Waals surface area contributed by atoms with Crippen LogP contribution in [0.4, 0.5) is 0 Å². The fourth-order valence-electron chi connectivity index (χ4n) is 2.80. The summed E-state index contributed by atoms with van der Waals surface area (Å²) in [6, 6.07) is 5.92. The van der Waals surface area contributed by atoms with Gasteiger partial charge in [-0.25, -0.2) is 4.98 Å². The van der Waals surface area contributed by atoms with Crippen LogP contribution in [0.15, 0.2) is 22.7 Å². The summed E-state index contributed by atoms with van der Waals surface area (Å²) in [6.07, 6.45) is 5.68. The number of hydrogen-bond donors (Lipinski definition) is 1. The minimum atomic E-state index is 0.122. The summed E-state index contributed by atoms with van der Waals surface area (Å²) in [6.45, 7) is 1.95. The maximum Gasteiger partial charge on any atom is 0.231 e. The number of rotatable bonds is 2. The van der Waals surface area contributed by atoms with Gasteiger partial charge in [-0.15, -0.1) is 0 Å². The molecule has 2 heterocycles. The summed E-state index contributed by atoms with van der Waals surface area (Å²) >= 11 is 0. The van der Waals surface area contributed by atoms with Gasteiger partial charge in [0.1, 0.15) is 5.69 Å². The number of hydrogen-bond acceptors (Lipinski definition) is 5.